The number of aromatic nitrogens is 1. The number of rotatable bonds is 7. The highest BCUT2D eigenvalue weighted by molar-refractivity contribution is 7.17. The average molecular weight is 491 g/mol. The van der Waals surface area contributed by atoms with Crippen LogP contribution in [0.2, 0.25) is 0 Å². The number of nitrogens with zero attached hydrogens (tertiary/aromatic N) is 1. The number of ether oxygens (including phenoxy) is 2. The first-order valence-electron chi connectivity index (χ1n) is 11.1. The Kier molecular flexibility index (Phi) is 7.02. The van der Waals surface area contributed by atoms with Crippen LogP contribution in [0.5, 0.6) is 5.75 Å². The number of anilines is 1. The zero-order valence-electron chi connectivity index (χ0n) is 20.2. The number of hydrogen-bond acceptors (Lipinski definition) is 7. The van der Waals surface area contributed by atoms with E-state index in [0.29, 0.717) is 27.0 Å². The SMILES string of the molecule is CCOC(=O)c1sc(NC(=O)/C=C(\C)c2cc3c(-c4ccccc4)coc3c(C)c2OC)nc1C. The van der Waals surface area contributed by atoms with Crippen molar-refractivity contribution in [1.29, 1.82) is 0 Å². The van der Waals surface area contributed by atoms with E-state index in [2.05, 4.69) is 10.3 Å². The largest absolute Gasteiger partial charge is 0.496 e. The number of carbonyl (C=O) groups excluding carboxylic acids is 2. The predicted molar refractivity (Wildman–Crippen MR) is 138 cm³/mol. The fourth-order valence-electron chi connectivity index (χ4n) is 3.96. The second-order valence-corrected chi connectivity index (χ2v) is 8.94. The molecular formula is C27H26N2O5S. The molecule has 0 aliphatic rings. The summed E-state index contributed by atoms with van der Waals surface area (Å²) < 4.78 is 16.6. The van der Waals surface area contributed by atoms with E-state index in [1.165, 1.54) is 6.08 Å². The molecule has 0 saturated heterocycles. The first-order chi connectivity index (χ1) is 16.8. The minimum atomic E-state index is -0.447. The number of furan rings is 1. The first kappa shape index (κ1) is 24.2. The minimum Gasteiger partial charge on any atom is -0.496 e. The molecule has 0 aliphatic carbocycles. The van der Waals surface area contributed by atoms with Crippen molar-refractivity contribution in [2.24, 2.45) is 0 Å². The maximum Gasteiger partial charge on any atom is 0.350 e. The number of methoxy groups -OCH3 is 1. The van der Waals surface area contributed by atoms with Crippen LogP contribution in [0, 0.1) is 13.8 Å². The number of benzene rings is 2. The molecule has 0 atom stereocenters. The van der Waals surface area contributed by atoms with Crippen LogP contribution in [-0.4, -0.2) is 30.6 Å². The molecule has 0 bridgehead atoms. The zero-order valence-corrected chi connectivity index (χ0v) is 21.0. The summed E-state index contributed by atoms with van der Waals surface area (Å²) in [5.41, 5.74) is 5.61. The Hall–Kier alpha value is -3.91. The number of carbonyl (C=O) groups is 2. The molecule has 7 nitrogen and oxygen atoms in total. The molecule has 35 heavy (non-hydrogen) atoms. The third kappa shape index (κ3) is 4.83. The van der Waals surface area contributed by atoms with E-state index >= 15 is 0 Å². The monoisotopic (exact) mass is 490 g/mol. The summed E-state index contributed by atoms with van der Waals surface area (Å²) in [7, 11) is 1.60. The van der Waals surface area contributed by atoms with Gasteiger partial charge in [-0.15, -0.1) is 0 Å². The van der Waals surface area contributed by atoms with Gasteiger partial charge in [0.25, 0.3) is 0 Å². The summed E-state index contributed by atoms with van der Waals surface area (Å²) in [5.74, 6) is -0.165. The molecule has 1 amide bonds. The number of nitrogens with one attached hydrogen (secondary N) is 1. The number of amides is 1. The summed E-state index contributed by atoms with van der Waals surface area (Å²) in [6, 6.07) is 12.0. The fraction of sp³-hybridized carbons (Fsp3) is 0.222. The Morgan fingerprint density at radius 2 is 1.94 bits per heavy atom. The van der Waals surface area contributed by atoms with Gasteiger partial charge in [0, 0.05) is 28.2 Å². The van der Waals surface area contributed by atoms with Crippen molar-refractivity contribution in [3.63, 3.8) is 0 Å². The van der Waals surface area contributed by atoms with E-state index in [1.54, 1.807) is 27.2 Å². The lowest BCUT2D eigenvalue weighted by atomic mass is 9.96. The molecule has 4 rings (SSSR count). The third-order valence-corrected chi connectivity index (χ3v) is 6.65. The van der Waals surface area contributed by atoms with Crippen molar-refractivity contribution in [3.05, 3.63) is 70.4 Å². The molecule has 2 heterocycles. The number of esters is 1. The van der Waals surface area contributed by atoms with Crippen molar-refractivity contribution in [2.75, 3.05) is 19.0 Å². The summed E-state index contributed by atoms with van der Waals surface area (Å²) in [5, 5.41) is 4.02. The van der Waals surface area contributed by atoms with Crippen LogP contribution in [0.4, 0.5) is 5.13 Å². The Bertz CT molecular complexity index is 1430. The Balaban J connectivity index is 1.68. The fourth-order valence-corrected chi connectivity index (χ4v) is 4.83. The van der Waals surface area contributed by atoms with Gasteiger partial charge >= 0.3 is 5.97 Å². The van der Waals surface area contributed by atoms with Crippen molar-refractivity contribution < 1.29 is 23.5 Å². The highest BCUT2D eigenvalue weighted by Gasteiger charge is 2.20. The summed E-state index contributed by atoms with van der Waals surface area (Å²) in [4.78, 5) is 29.5. The van der Waals surface area contributed by atoms with Crippen LogP contribution in [0.1, 0.15) is 40.3 Å². The number of fused-ring (bicyclic) bond motifs is 1. The van der Waals surface area contributed by atoms with E-state index in [-0.39, 0.29) is 12.5 Å². The first-order valence-corrected chi connectivity index (χ1v) is 11.9. The van der Waals surface area contributed by atoms with E-state index in [0.717, 1.165) is 44.6 Å². The zero-order chi connectivity index (χ0) is 25.1. The maximum absolute atomic E-state index is 12.8. The van der Waals surface area contributed by atoms with Crippen LogP contribution in [0.15, 0.2) is 53.2 Å². The van der Waals surface area contributed by atoms with Gasteiger partial charge in [0.1, 0.15) is 16.2 Å². The molecule has 2 aromatic carbocycles. The molecule has 0 aliphatic heterocycles. The minimum absolute atomic E-state index is 0.272. The highest BCUT2D eigenvalue weighted by Crippen LogP contribution is 2.40. The van der Waals surface area contributed by atoms with Crippen molar-refractivity contribution >= 4 is 44.9 Å². The number of allylic oxidation sites excluding steroid dienone is 1. The van der Waals surface area contributed by atoms with Crippen molar-refractivity contribution in [3.8, 4) is 16.9 Å². The molecule has 8 heteroatoms. The van der Waals surface area contributed by atoms with E-state index in [9.17, 15) is 9.59 Å². The second kappa shape index (κ2) is 10.1. The van der Waals surface area contributed by atoms with Gasteiger partial charge in [-0.25, -0.2) is 9.78 Å². The standard InChI is InChI=1S/C27H26N2O5S/c1-6-33-26(31)25-17(4)28-27(35-25)29-22(30)12-15(2)19-13-20-21(18-10-8-7-9-11-18)14-34-24(20)16(3)23(19)32-5/h7-14H,6H2,1-5H3,(H,28,29,30)/b15-12+. The van der Waals surface area contributed by atoms with Crippen LogP contribution < -0.4 is 10.1 Å². The summed E-state index contributed by atoms with van der Waals surface area (Å²) in [6.07, 6.45) is 3.24. The predicted octanol–water partition coefficient (Wildman–Crippen LogP) is 6.40. The lowest BCUT2D eigenvalue weighted by Gasteiger charge is -2.13. The van der Waals surface area contributed by atoms with Gasteiger partial charge in [0.2, 0.25) is 5.91 Å². The number of aryl methyl sites for hydroxylation is 2. The summed E-state index contributed by atoms with van der Waals surface area (Å²) in [6.45, 7) is 7.50. The average Bonchev–Trinajstić information content (AvgIpc) is 3.43. The van der Waals surface area contributed by atoms with Crippen molar-refractivity contribution in [2.45, 2.75) is 27.7 Å². The van der Waals surface area contributed by atoms with Crippen LogP contribution in [-0.2, 0) is 9.53 Å². The molecule has 0 fully saturated rings. The molecule has 0 saturated carbocycles. The summed E-state index contributed by atoms with van der Waals surface area (Å²) >= 11 is 1.09. The normalized spacial score (nSPS) is 11.5. The molecule has 0 unspecified atom stereocenters. The number of thiazole rings is 1. The van der Waals surface area contributed by atoms with Gasteiger partial charge < -0.3 is 13.9 Å². The Morgan fingerprint density at radius 3 is 2.63 bits per heavy atom. The molecule has 1 N–H and O–H groups in total. The van der Waals surface area contributed by atoms with Crippen LogP contribution in [0.3, 0.4) is 0 Å². The van der Waals surface area contributed by atoms with Crippen molar-refractivity contribution in [1.82, 2.24) is 4.98 Å². The van der Waals surface area contributed by atoms with Gasteiger partial charge in [-0.3, -0.25) is 10.1 Å². The molecule has 0 radical (unpaired) electrons. The highest BCUT2D eigenvalue weighted by atomic mass is 32.1. The van der Waals surface area contributed by atoms with Gasteiger partial charge in [-0.05, 0) is 44.9 Å². The lowest BCUT2D eigenvalue weighted by molar-refractivity contribution is -0.111. The third-order valence-electron chi connectivity index (χ3n) is 5.59. The van der Waals surface area contributed by atoms with Gasteiger partial charge in [-0.2, -0.15) is 0 Å². The second-order valence-electron chi connectivity index (χ2n) is 7.95. The molecule has 4 aromatic rings. The smallest absolute Gasteiger partial charge is 0.350 e. The lowest BCUT2D eigenvalue weighted by Crippen LogP contribution is -2.08. The molecule has 0 spiro atoms. The number of hydrogen-bond donors (Lipinski definition) is 1. The van der Waals surface area contributed by atoms with Crippen LogP contribution >= 0.6 is 11.3 Å². The Morgan fingerprint density at radius 1 is 1.20 bits per heavy atom. The van der Waals surface area contributed by atoms with E-state index < -0.39 is 5.97 Å². The van der Waals surface area contributed by atoms with Crippen LogP contribution in [0.25, 0.3) is 27.7 Å². The van der Waals surface area contributed by atoms with E-state index in [4.69, 9.17) is 13.9 Å². The van der Waals surface area contributed by atoms with Gasteiger partial charge in [0.05, 0.1) is 25.7 Å². The maximum atomic E-state index is 12.8. The molecule has 2 aromatic heterocycles. The Labute approximate surface area is 207 Å². The topological polar surface area (TPSA) is 90.7 Å². The molecular weight excluding hydrogens is 464 g/mol. The van der Waals surface area contributed by atoms with Gasteiger partial charge in [-0.1, -0.05) is 41.7 Å². The quantitative estimate of drug-likeness (QED) is 0.238. The van der Waals surface area contributed by atoms with Gasteiger partial charge in [0.15, 0.2) is 5.13 Å². The molecule has 180 valence electrons. The van der Waals surface area contributed by atoms with E-state index in [1.807, 2.05) is 50.2 Å².